The minimum Gasteiger partial charge on any atom is -0.493 e. The maximum Gasteiger partial charge on any atom is 0.251 e. The van der Waals surface area contributed by atoms with Crippen molar-refractivity contribution in [1.29, 1.82) is 0 Å². The van der Waals surface area contributed by atoms with Crippen LogP contribution in [-0.2, 0) is 13.0 Å². The molecule has 0 saturated carbocycles. The first-order valence-electron chi connectivity index (χ1n) is 11.3. The van der Waals surface area contributed by atoms with Crippen molar-refractivity contribution in [3.05, 3.63) is 83.4 Å². The molecule has 0 saturated heterocycles. The topological polar surface area (TPSA) is 74.6 Å². The predicted octanol–water partition coefficient (Wildman–Crippen LogP) is 4.61. The van der Waals surface area contributed by atoms with Gasteiger partial charge in [-0.2, -0.15) is 0 Å². The number of nitrogens with one attached hydrogen (secondary N) is 1. The van der Waals surface area contributed by atoms with Crippen LogP contribution in [0.3, 0.4) is 0 Å². The summed E-state index contributed by atoms with van der Waals surface area (Å²) in [6.45, 7) is 1.06. The fraction of sp³-hybridized carbons (Fsp3) is 0.259. The number of aromatic nitrogens is 2. The Labute approximate surface area is 203 Å². The average Bonchev–Trinajstić information content (AvgIpc) is 3.23. The molecule has 182 valence electrons. The lowest BCUT2D eigenvalue weighted by atomic mass is 10.1. The van der Waals surface area contributed by atoms with E-state index in [0.29, 0.717) is 48.7 Å². The largest absolute Gasteiger partial charge is 0.493 e. The highest BCUT2D eigenvalue weighted by Gasteiger charge is 2.17. The first kappa shape index (κ1) is 24.1. The van der Waals surface area contributed by atoms with Gasteiger partial charge in [0.15, 0.2) is 11.5 Å². The van der Waals surface area contributed by atoms with E-state index in [4.69, 9.17) is 19.2 Å². The molecule has 1 amide bonds. The summed E-state index contributed by atoms with van der Waals surface area (Å²) in [6, 6.07) is 17.7. The van der Waals surface area contributed by atoms with Gasteiger partial charge in [-0.25, -0.2) is 9.37 Å². The van der Waals surface area contributed by atoms with Crippen molar-refractivity contribution in [2.45, 2.75) is 19.4 Å². The number of ether oxygens (including phenoxy) is 3. The molecule has 4 rings (SSSR count). The maximum atomic E-state index is 13.3. The van der Waals surface area contributed by atoms with Crippen LogP contribution in [0.5, 0.6) is 17.2 Å². The van der Waals surface area contributed by atoms with Gasteiger partial charge in [0.25, 0.3) is 5.91 Å². The molecule has 1 aromatic heterocycles. The van der Waals surface area contributed by atoms with Crippen molar-refractivity contribution in [1.82, 2.24) is 14.9 Å². The number of carbonyl (C=O) groups excluding carboxylic acids is 1. The second-order valence-electron chi connectivity index (χ2n) is 8.00. The Balaban J connectivity index is 1.44. The van der Waals surface area contributed by atoms with Gasteiger partial charge >= 0.3 is 0 Å². The Morgan fingerprint density at radius 2 is 1.66 bits per heavy atom. The third kappa shape index (κ3) is 5.37. The van der Waals surface area contributed by atoms with Crippen molar-refractivity contribution < 1.29 is 23.4 Å². The normalized spacial score (nSPS) is 10.9. The molecule has 8 heteroatoms. The molecule has 0 bridgehead atoms. The molecule has 1 N–H and O–H groups in total. The number of para-hydroxylation sites is 2. The predicted molar refractivity (Wildman–Crippen MR) is 132 cm³/mol. The monoisotopic (exact) mass is 477 g/mol. The Morgan fingerprint density at radius 3 is 2.31 bits per heavy atom. The summed E-state index contributed by atoms with van der Waals surface area (Å²) in [6.07, 6.45) is 1.37. The molecule has 35 heavy (non-hydrogen) atoms. The molecule has 0 spiro atoms. The van der Waals surface area contributed by atoms with E-state index in [9.17, 15) is 9.18 Å². The van der Waals surface area contributed by atoms with E-state index in [0.717, 1.165) is 22.4 Å². The second kappa shape index (κ2) is 10.9. The number of amides is 1. The molecule has 0 atom stereocenters. The standard InChI is InChI=1S/C27H28FN3O4/c1-33-23-15-19(16-24(34-2)26(23)35-3)27(32)29-14-6-9-25-30-21-7-4-5-8-22(21)31(25)17-18-10-12-20(28)13-11-18/h4-5,7-8,10-13,15-16H,6,9,14,17H2,1-3H3,(H,29,32). The third-order valence-electron chi connectivity index (χ3n) is 5.78. The summed E-state index contributed by atoms with van der Waals surface area (Å²) in [5.41, 5.74) is 3.34. The van der Waals surface area contributed by atoms with E-state index >= 15 is 0 Å². The molecule has 0 fully saturated rings. The number of benzene rings is 3. The van der Waals surface area contributed by atoms with Gasteiger partial charge < -0.3 is 24.1 Å². The minimum absolute atomic E-state index is 0.232. The number of rotatable bonds is 10. The molecule has 7 nitrogen and oxygen atoms in total. The smallest absolute Gasteiger partial charge is 0.251 e. The number of imidazole rings is 1. The summed E-state index contributed by atoms with van der Waals surface area (Å²) in [5, 5.41) is 2.95. The molecular formula is C27H28FN3O4. The fourth-order valence-corrected chi connectivity index (χ4v) is 4.03. The molecule has 0 aliphatic heterocycles. The molecular weight excluding hydrogens is 449 g/mol. The van der Waals surface area contributed by atoms with Crippen molar-refractivity contribution >= 4 is 16.9 Å². The summed E-state index contributed by atoms with van der Waals surface area (Å²) in [4.78, 5) is 17.5. The van der Waals surface area contributed by atoms with Crippen molar-refractivity contribution in [3.63, 3.8) is 0 Å². The molecule has 3 aromatic carbocycles. The first-order chi connectivity index (χ1) is 17.0. The van der Waals surface area contributed by atoms with Gasteiger partial charge in [0.05, 0.1) is 32.4 Å². The van der Waals surface area contributed by atoms with E-state index in [2.05, 4.69) is 9.88 Å². The van der Waals surface area contributed by atoms with Crippen LogP contribution in [0.2, 0.25) is 0 Å². The number of aryl methyl sites for hydroxylation is 1. The van der Waals surface area contributed by atoms with Crippen LogP contribution in [-0.4, -0.2) is 43.3 Å². The van der Waals surface area contributed by atoms with Gasteiger partial charge in [-0.15, -0.1) is 0 Å². The van der Waals surface area contributed by atoms with Gasteiger partial charge in [-0.3, -0.25) is 4.79 Å². The highest BCUT2D eigenvalue weighted by atomic mass is 19.1. The lowest BCUT2D eigenvalue weighted by molar-refractivity contribution is 0.0952. The minimum atomic E-state index is -0.257. The summed E-state index contributed by atoms with van der Waals surface area (Å²) >= 11 is 0. The highest BCUT2D eigenvalue weighted by Crippen LogP contribution is 2.38. The Morgan fingerprint density at radius 1 is 0.971 bits per heavy atom. The van der Waals surface area contributed by atoms with Gasteiger partial charge in [0.1, 0.15) is 11.6 Å². The number of methoxy groups -OCH3 is 3. The quantitative estimate of drug-likeness (QED) is 0.338. The SMILES string of the molecule is COc1cc(C(=O)NCCCc2nc3ccccc3n2Cc2ccc(F)cc2)cc(OC)c1OC. The first-order valence-corrected chi connectivity index (χ1v) is 11.3. The number of hydrogen-bond donors (Lipinski definition) is 1. The average molecular weight is 478 g/mol. The molecule has 0 radical (unpaired) electrons. The number of hydrogen-bond acceptors (Lipinski definition) is 5. The van der Waals surface area contributed by atoms with Crippen LogP contribution in [0, 0.1) is 5.82 Å². The Bertz CT molecular complexity index is 1290. The van der Waals surface area contributed by atoms with Crippen LogP contribution < -0.4 is 19.5 Å². The van der Waals surface area contributed by atoms with Crippen molar-refractivity contribution in [2.24, 2.45) is 0 Å². The number of fused-ring (bicyclic) bond motifs is 1. The number of nitrogens with zero attached hydrogens (tertiary/aromatic N) is 2. The van der Waals surface area contributed by atoms with Gasteiger partial charge in [-0.05, 0) is 48.4 Å². The van der Waals surface area contributed by atoms with Crippen LogP contribution in [0.1, 0.15) is 28.2 Å². The van der Waals surface area contributed by atoms with Crippen LogP contribution >= 0.6 is 0 Å². The van der Waals surface area contributed by atoms with E-state index in [1.54, 1.807) is 24.3 Å². The van der Waals surface area contributed by atoms with Crippen LogP contribution in [0.25, 0.3) is 11.0 Å². The molecule has 4 aromatic rings. The lowest BCUT2D eigenvalue weighted by Gasteiger charge is -2.14. The van der Waals surface area contributed by atoms with E-state index in [-0.39, 0.29) is 11.7 Å². The Kier molecular flexibility index (Phi) is 7.50. The van der Waals surface area contributed by atoms with Gasteiger partial charge in [0, 0.05) is 25.1 Å². The van der Waals surface area contributed by atoms with Crippen LogP contribution in [0.15, 0.2) is 60.7 Å². The summed E-state index contributed by atoms with van der Waals surface area (Å²) < 4.78 is 31.5. The highest BCUT2D eigenvalue weighted by molar-refractivity contribution is 5.95. The fourth-order valence-electron chi connectivity index (χ4n) is 4.03. The molecule has 0 aliphatic carbocycles. The Hall–Kier alpha value is -4.07. The summed E-state index contributed by atoms with van der Waals surface area (Å²) in [7, 11) is 4.54. The molecule has 1 heterocycles. The van der Waals surface area contributed by atoms with Crippen molar-refractivity contribution in [2.75, 3.05) is 27.9 Å². The number of halogens is 1. The second-order valence-corrected chi connectivity index (χ2v) is 8.00. The number of carbonyl (C=O) groups is 1. The molecule has 0 unspecified atom stereocenters. The van der Waals surface area contributed by atoms with E-state index in [1.165, 1.54) is 33.5 Å². The molecule has 0 aliphatic rings. The zero-order valence-corrected chi connectivity index (χ0v) is 20.0. The zero-order valence-electron chi connectivity index (χ0n) is 20.0. The van der Waals surface area contributed by atoms with E-state index < -0.39 is 0 Å². The summed E-state index contributed by atoms with van der Waals surface area (Å²) in [5.74, 6) is 1.71. The zero-order chi connectivity index (χ0) is 24.8. The maximum absolute atomic E-state index is 13.3. The van der Waals surface area contributed by atoms with Crippen LogP contribution in [0.4, 0.5) is 4.39 Å². The van der Waals surface area contributed by atoms with E-state index in [1.807, 2.05) is 24.3 Å². The van der Waals surface area contributed by atoms with Gasteiger partial charge in [0.2, 0.25) is 5.75 Å². The van der Waals surface area contributed by atoms with Crippen molar-refractivity contribution in [3.8, 4) is 17.2 Å². The lowest BCUT2D eigenvalue weighted by Crippen LogP contribution is -2.25. The third-order valence-corrected chi connectivity index (χ3v) is 5.78. The van der Waals surface area contributed by atoms with Gasteiger partial charge in [-0.1, -0.05) is 24.3 Å².